The average molecular weight is 339 g/mol. The van der Waals surface area contributed by atoms with Crippen LogP contribution < -0.4 is 5.32 Å². The molecule has 130 valence electrons. The fraction of sp³-hybridized carbons (Fsp3) is 0.421. The molecule has 1 spiro atoms. The Morgan fingerprint density at radius 2 is 2.24 bits per heavy atom. The maximum atomic E-state index is 13.0. The minimum atomic E-state index is -0.666. The summed E-state index contributed by atoms with van der Waals surface area (Å²) in [4.78, 5) is 27.8. The highest BCUT2D eigenvalue weighted by atomic mass is 16.5. The first kappa shape index (κ1) is 15.9. The molecule has 2 aromatic rings. The molecule has 1 fully saturated rings. The molecule has 2 aliphatic heterocycles. The monoisotopic (exact) mass is 339 g/mol. The summed E-state index contributed by atoms with van der Waals surface area (Å²) in [5, 5.41) is 6.88. The van der Waals surface area contributed by atoms with E-state index in [-0.39, 0.29) is 17.9 Å². The number of carbonyl (C=O) groups is 2. The lowest BCUT2D eigenvalue weighted by Crippen LogP contribution is -2.48. The Kier molecular flexibility index (Phi) is 3.63. The van der Waals surface area contributed by atoms with E-state index in [0.717, 1.165) is 24.1 Å². The zero-order valence-corrected chi connectivity index (χ0v) is 14.4. The van der Waals surface area contributed by atoms with Gasteiger partial charge in [-0.05, 0) is 31.4 Å². The van der Waals surface area contributed by atoms with Crippen molar-refractivity contribution in [1.82, 2.24) is 10.1 Å². The number of anilines is 1. The van der Waals surface area contributed by atoms with Crippen molar-refractivity contribution in [3.05, 3.63) is 47.3 Å². The highest BCUT2D eigenvalue weighted by molar-refractivity contribution is 6.08. The van der Waals surface area contributed by atoms with E-state index >= 15 is 0 Å². The molecule has 1 N–H and O–H groups in total. The van der Waals surface area contributed by atoms with E-state index < -0.39 is 5.41 Å². The molecule has 0 bridgehead atoms. The topological polar surface area (TPSA) is 75.4 Å². The van der Waals surface area contributed by atoms with Crippen LogP contribution in [0, 0.1) is 6.92 Å². The van der Waals surface area contributed by atoms with Crippen molar-refractivity contribution in [1.29, 1.82) is 0 Å². The van der Waals surface area contributed by atoms with Gasteiger partial charge >= 0.3 is 0 Å². The molecule has 1 saturated heterocycles. The molecular weight excluding hydrogens is 318 g/mol. The summed E-state index contributed by atoms with van der Waals surface area (Å²) in [5.41, 5.74) is 1.51. The van der Waals surface area contributed by atoms with Crippen LogP contribution in [0.4, 0.5) is 5.69 Å². The first-order valence-corrected chi connectivity index (χ1v) is 8.73. The number of rotatable bonds is 3. The summed E-state index contributed by atoms with van der Waals surface area (Å²) in [6.45, 7) is 4.38. The largest absolute Gasteiger partial charge is 0.361 e. The summed E-state index contributed by atoms with van der Waals surface area (Å²) in [6.07, 6.45) is 2.29. The Morgan fingerprint density at radius 1 is 1.44 bits per heavy atom. The molecule has 0 unspecified atom stereocenters. The number of para-hydroxylation sites is 1. The van der Waals surface area contributed by atoms with E-state index in [1.54, 1.807) is 13.0 Å². The second-order valence-electron chi connectivity index (χ2n) is 6.85. The average Bonchev–Trinajstić information content (AvgIpc) is 3.27. The van der Waals surface area contributed by atoms with Crippen LogP contribution in [0.2, 0.25) is 0 Å². The third-order valence-electron chi connectivity index (χ3n) is 5.42. The smallest absolute Gasteiger partial charge is 0.276 e. The maximum Gasteiger partial charge on any atom is 0.276 e. The van der Waals surface area contributed by atoms with Crippen molar-refractivity contribution in [2.24, 2.45) is 0 Å². The van der Waals surface area contributed by atoms with Crippen LogP contribution >= 0.6 is 0 Å². The van der Waals surface area contributed by atoms with Gasteiger partial charge in [-0.25, -0.2) is 0 Å². The molecule has 2 atom stereocenters. The van der Waals surface area contributed by atoms with Gasteiger partial charge in [-0.2, -0.15) is 0 Å². The van der Waals surface area contributed by atoms with Crippen molar-refractivity contribution in [2.45, 2.75) is 44.6 Å². The molecule has 2 amide bonds. The number of likely N-dealkylation sites (tertiary alicyclic amines) is 1. The van der Waals surface area contributed by atoms with Crippen molar-refractivity contribution >= 4 is 17.5 Å². The molecule has 25 heavy (non-hydrogen) atoms. The molecule has 3 heterocycles. The molecule has 1 aromatic carbocycles. The second kappa shape index (κ2) is 5.72. The van der Waals surface area contributed by atoms with Gasteiger partial charge in [0.05, 0.1) is 11.5 Å². The molecule has 0 aliphatic carbocycles. The number of benzene rings is 1. The Morgan fingerprint density at radius 3 is 2.96 bits per heavy atom. The fourth-order valence-electron chi connectivity index (χ4n) is 4.33. The third-order valence-corrected chi connectivity index (χ3v) is 5.42. The number of carbonyl (C=O) groups excluding carboxylic acids is 2. The predicted octanol–water partition coefficient (Wildman–Crippen LogP) is 2.89. The van der Waals surface area contributed by atoms with Gasteiger partial charge in [-0.15, -0.1) is 0 Å². The number of nitrogens with zero attached hydrogens (tertiary/aromatic N) is 2. The summed E-state index contributed by atoms with van der Waals surface area (Å²) in [6, 6.07) is 9.28. The Balaban J connectivity index is 1.76. The zero-order valence-electron chi connectivity index (χ0n) is 14.4. The van der Waals surface area contributed by atoms with E-state index in [9.17, 15) is 9.59 Å². The number of hydrogen-bond donors (Lipinski definition) is 1. The summed E-state index contributed by atoms with van der Waals surface area (Å²) < 4.78 is 5.06. The number of hydrogen-bond acceptors (Lipinski definition) is 4. The van der Waals surface area contributed by atoms with Crippen LogP contribution in [-0.4, -0.2) is 34.5 Å². The minimum Gasteiger partial charge on any atom is -0.361 e. The van der Waals surface area contributed by atoms with Gasteiger partial charge in [-0.1, -0.05) is 36.7 Å². The lowest BCUT2D eigenvalue weighted by Gasteiger charge is -2.33. The number of nitrogens with one attached hydrogen (secondary N) is 1. The molecule has 1 aromatic heterocycles. The third kappa shape index (κ3) is 2.20. The lowest BCUT2D eigenvalue weighted by molar-refractivity contribution is -0.121. The number of amides is 2. The van der Waals surface area contributed by atoms with Crippen molar-refractivity contribution < 1.29 is 14.1 Å². The zero-order chi connectivity index (χ0) is 17.6. The number of aryl methyl sites for hydroxylation is 1. The molecule has 2 aliphatic rings. The van der Waals surface area contributed by atoms with Crippen LogP contribution in [0.1, 0.15) is 48.0 Å². The van der Waals surface area contributed by atoms with Crippen molar-refractivity contribution in [3.63, 3.8) is 0 Å². The van der Waals surface area contributed by atoms with E-state index in [4.69, 9.17) is 4.52 Å². The van der Waals surface area contributed by atoms with E-state index in [2.05, 4.69) is 17.4 Å². The predicted molar refractivity (Wildman–Crippen MR) is 92.3 cm³/mol. The first-order chi connectivity index (χ1) is 12.1. The van der Waals surface area contributed by atoms with Crippen LogP contribution in [-0.2, 0) is 10.2 Å². The highest BCUT2D eigenvalue weighted by Gasteiger charge is 2.58. The van der Waals surface area contributed by atoms with E-state index in [0.29, 0.717) is 24.4 Å². The summed E-state index contributed by atoms with van der Waals surface area (Å²) in [5.74, 6) is 0.441. The van der Waals surface area contributed by atoms with Crippen LogP contribution in [0.5, 0.6) is 0 Å². The summed E-state index contributed by atoms with van der Waals surface area (Å²) >= 11 is 0. The molecule has 0 saturated carbocycles. The Labute approximate surface area is 146 Å². The molecule has 6 heteroatoms. The quantitative estimate of drug-likeness (QED) is 0.933. The van der Waals surface area contributed by atoms with Gasteiger partial charge in [0.1, 0.15) is 5.76 Å². The fourth-order valence-corrected chi connectivity index (χ4v) is 4.33. The first-order valence-electron chi connectivity index (χ1n) is 8.73. The summed E-state index contributed by atoms with van der Waals surface area (Å²) in [7, 11) is 0. The van der Waals surface area contributed by atoms with Gasteiger partial charge < -0.3 is 14.7 Å². The Bertz CT molecular complexity index is 844. The van der Waals surface area contributed by atoms with Gasteiger partial charge in [0, 0.05) is 18.3 Å². The van der Waals surface area contributed by atoms with Crippen molar-refractivity contribution in [2.75, 3.05) is 11.9 Å². The van der Waals surface area contributed by atoms with Gasteiger partial charge in [-0.3, -0.25) is 9.59 Å². The number of aromatic nitrogens is 1. The van der Waals surface area contributed by atoms with Gasteiger partial charge in [0.25, 0.3) is 5.91 Å². The maximum absolute atomic E-state index is 13.0. The molecule has 0 radical (unpaired) electrons. The van der Waals surface area contributed by atoms with Crippen molar-refractivity contribution in [3.8, 4) is 0 Å². The standard InChI is InChI=1S/C19H21N3O3/c1-3-6-16-19(13-7-4-5-8-14(13)20-18(19)24)9-10-22(16)17(23)15-11-12(2)25-21-15/h4-5,7-8,11,16H,3,6,9-10H2,1-2H3,(H,20,24)/t16-,19+/m0/s1. The highest BCUT2D eigenvalue weighted by Crippen LogP contribution is 2.49. The van der Waals surface area contributed by atoms with E-state index in [1.165, 1.54) is 0 Å². The van der Waals surface area contributed by atoms with Crippen LogP contribution in [0.15, 0.2) is 34.9 Å². The van der Waals surface area contributed by atoms with Gasteiger partial charge in [0.15, 0.2) is 5.69 Å². The molecular formula is C19H21N3O3. The van der Waals surface area contributed by atoms with Crippen LogP contribution in [0.25, 0.3) is 0 Å². The minimum absolute atomic E-state index is 0.00113. The number of fused-ring (bicyclic) bond motifs is 2. The lowest BCUT2D eigenvalue weighted by atomic mass is 9.73. The SMILES string of the molecule is CCC[C@@H]1N(C(=O)c2cc(C)on2)CC[C@]12C(=O)Nc1ccccc12. The molecule has 6 nitrogen and oxygen atoms in total. The molecule has 4 rings (SSSR count). The van der Waals surface area contributed by atoms with E-state index in [1.807, 2.05) is 29.2 Å². The normalized spacial score (nSPS) is 24.6. The van der Waals surface area contributed by atoms with Gasteiger partial charge in [0.2, 0.25) is 5.91 Å². The van der Waals surface area contributed by atoms with Crippen LogP contribution in [0.3, 0.4) is 0 Å². The second-order valence-corrected chi connectivity index (χ2v) is 6.85. The Hall–Kier alpha value is -2.63.